The standard InChI is InChI=1S/C18H24N6O2/c1-3-4-14-26-15(2)17(25)22-10-12-23(13-11-22)18-19-20-21-24(18)16-8-6-5-7-9-16/h3,5-9,15H,1,4,10-14H2,2H3. The zero-order chi connectivity index (χ0) is 18.4. The molecule has 0 aliphatic carbocycles. The first kappa shape index (κ1) is 18.1. The summed E-state index contributed by atoms with van der Waals surface area (Å²) < 4.78 is 7.28. The van der Waals surface area contributed by atoms with E-state index in [0.717, 1.165) is 12.1 Å². The van der Waals surface area contributed by atoms with E-state index in [0.29, 0.717) is 38.7 Å². The van der Waals surface area contributed by atoms with E-state index in [1.165, 1.54) is 0 Å². The van der Waals surface area contributed by atoms with Crippen molar-refractivity contribution in [3.8, 4) is 5.69 Å². The van der Waals surface area contributed by atoms with E-state index in [2.05, 4.69) is 27.0 Å². The van der Waals surface area contributed by atoms with Crippen molar-refractivity contribution in [3.63, 3.8) is 0 Å². The van der Waals surface area contributed by atoms with Gasteiger partial charge in [-0.05, 0) is 35.9 Å². The highest BCUT2D eigenvalue weighted by atomic mass is 16.5. The normalized spacial score (nSPS) is 15.7. The molecule has 1 aliphatic rings. The summed E-state index contributed by atoms with van der Waals surface area (Å²) >= 11 is 0. The minimum Gasteiger partial charge on any atom is -0.368 e. The van der Waals surface area contributed by atoms with Crippen LogP contribution in [0.4, 0.5) is 5.95 Å². The number of carbonyl (C=O) groups is 1. The third-order valence-corrected chi connectivity index (χ3v) is 4.37. The molecule has 0 bridgehead atoms. The Labute approximate surface area is 153 Å². The number of piperazine rings is 1. The molecule has 1 saturated heterocycles. The van der Waals surface area contributed by atoms with Gasteiger partial charge >= 0.3 is 0 Å². The molecule has 0 spiro atoms. The number of aromatic nitrogens is 4. The van der Waals surface area contributed by atoms with Crippen LogP contribution >= 0.6 is 0 Å². The van der Waals surface area contributed by atoms with Gasteiger partial charge in [0, 0.05) is 26.2 Å². The van der Waals surface area contributed by atoms with Gasteiger partial charge in [0.25, 0.3) is 5.91 Å². The topological polar surface area (TPSA) is 76.4 Å². The van der Waals surface area contributed by atoms with Crippen molar-refractivity contribution in [2.75, 3.05) is 37.7 Å². The number of rotatable bonds is 7. The van der Waals surface area contributed by atoms with E-state index in [4.69, 9.17) is 4.74 Å². The molecule has 1 aromatic heterocycles. The number of para-hydroxylation sites is 1. The Morgan fingerprint density at radius 3 is 2.69 bits per heavy atom. The number of amides is 1. The van der Waals surface area contributed by atoms with Crippen molar-refractivity contribution < 1.29 is 9.53 Å². The molecular formula is C18H24N6O2. The predicted molar refractivity (Wildman–Crippen MR) is 98.2 cm³/mol. The number of carbonyl (C=O) groups excluding carboxylic acids is 1. The van der Waals surface area contributed by atoms with Crippen LogP contribution in [0.25, 0.3) is 5.69 Å². The lowest BCUT2D eigenvalue weighted by atomic mass is 10.2. The molecule has 26 heavy (non-hydrogen) atoms. The lowest BCUT2D eigenvalue weighted by Gasteiger charge is -2.35. The Bertz CT molecular complexity index is 724. The maximum atomic E-state index is 12.5. The summed E-state index contributed by atoms with van der Waals surface area (Å²) in [5.41, 5.74) is 0.912. The molecule has 0 N–H and O–H groups in total. The minimum atomic E-state index is -0.434. The number of nitrogens with zero attached hydrogens (tertiary/aromatic N) is 6. The maximum Gasteiger partial charge on any atom is 0.251 e. The number of tetrazole rings is 1. The second-order valence-electron chi connectivity index (χ2n) is 6.13. The largest absolute Gasteiger partial charge is 0.368 e. The first-order chi connectivity index (χ1) is 12.7. The molecule has 3 rings (SSSR count). The van der Waals surface area contributed by atoms with Crippen LogP contribution in [0.1, 0.15) is 13.3 Å². The summed E-state index contributed by atoms with van der Waals surface area (Å²) in [6, 6.07) is 9.77. The summed E-state index contributed by atoms with van der Waals surface area (Å²) in [6.07, 6.45) is 2.09. The van der Waals surface area contributed by atoms with Crippen molar-refractivity contribution >= 4 is 11.9 Å². The Balaban J connectivity index is 1.59. The van der Waals surface area contributed by atoms with Gasteiger partial charge in [-0.15, -0.1) is 6.58 Å². The fourth-order valence-electron chi connectivity index (χ4n) is 2.90. The zero-order valence-electron chi connectivity index (χ0n) is 15.0. The van der Waals surface area contributed by atoms with Gasteiger partial charge in [0.2, 0.25) is 5.95 Å². The third-order valence-electron chi connectivity index (χ3n) is 4.37. The minimum absolute atomic E-state index is 0.0244. The van der Waals surface area contributed by atoms with Gasteiger partial charge in [0.05, 0.1) is 12.3 Å². The number of ether oxygens (including phenoxy) is 1. The highest BCUT2D eigenvalue weighted by Gasteiger charge is 2.27. The smallest absolute Gasteiger partial charge is 0.251 e. The van der Waals surface area contributed by atoms with Gasteiger partial charge < -0.3 is 14.5 Å². The highest BCUT2D eigenvalue weighted by molar-refractivity contribution is 5.80. The summed E-state index contributed by atoms with van der Waals surface area (Å²) in [4.78, 5) is 16.4. The summed E-state index contributed by atoms with van der Waals surface area (Å²) in [5, 5.41) is 12.1. The number of hydrogen-bond acceptors (Lipinski definition) is 6. The van der Waals surface area contributed by atoms with Crippen LogP contribution in [0.3, 0.4) is 0 Å². The first-order valence-corrected chi connectivity index (χ1v) is 8.80. The van der Waals surface area contributed by atoms with Crippen molar-refractivity contribution in [1.29, 1.82) is 0 Å². The molecule has 2 aromatic rings. The van der Waals surface area contributed by atoms with Crippen LogP contribution in [0.5, 0.6) is 0 Å². The van der Waals surface area contributed by atoms with Crippen LogP contribution in [-0.4, -0.2) is 69.9 Å². The lowest BCUT2D eigenvalue weighted by molar-refractivity contribution is -0.142. The van der Waals surface area contributed by atoms with Gasteiger partial charge in [-0.25, -0.2) is 0 Å². The van der Waals surface area contributed by atoms with Crippen molar-refractivity contribution in [1.82, 2.24) is 25.1 Å². The monoisotopic (exact) mass is 356 g/mol. The fourth-order valence-corrected chi connectivity index (χ4v) is 2.90. The van der Waals surface area contributed by atoms with Crippen molar-refractivity contribution in [2.24, 2.45) is 0 Å². The molecular weight excluding hydrogens is 332 g/mol. The molecule has 0 radical (unpaired) electrons. The molecule has 138 valence electrons. The molecule has 2 heterocycles. The highest BCUT2D eigenvalue weighted by Crippen LogP contribution is 2.17. The molecule has 1 amide bonds. The molecule has 1 fully saturated rings. The van der Waals surface area contributed by atoms with Gasteiger partial charge in [0.1, 0.15) is 6.10 Å². The van der Waals surface area contributed by atoms with E-state index in [-0.39, 0.29) is 5.91 Å². The van der Waals surface area contributed by atoms with E-state index < -0.39 is 6.10 Å². The van der Waals surface area contributed by atoms with E-state index in [1.807, 2.05) is 35.2 Å². The fraction of sp³-hybridized carbons (Fsp3) is 0.444. The quantitative estimate of drug-likeness (QED) is 0.550. The maximum absolute atomic E-state index is 12.5. The Morgan fingerprint density at radius 1 is 1.27 bits per heavy atom. The number of benzene rings is 1. The molecule has 1 atom stereocenters. The molecule has 1 aliphatic heterocycles. The summed E-state index contributed by atoms with van der Waals surface area (Å²) in [7, 11) is 0. The average Bonchev–Trinajstić information content (AvgIpc) is 3.18. The van der Waals surface area contributed by atoms with Crippen LogP contribution in [0.2, 0.25) is 0 Å². The third kappa shape index (κ3) is 4.08. The van der Waals surface area contributed by atoms with Crippen molar-refractivity contribution in [3.05, 3.63) is 43.0 Å². The van der Waals surface area contributed by atoms with E-state index in [9.17, 15) is 4.79 Å². The summed E-state index contributed by atoms with van der Waals surface area (Å²) in [6.45, 7) is 8.57. The second-order valence-corrected chi connectivity index (χ2v) is 6.13. The zero-order valence-corrected chi connectivity index (χ0v) is 15.0. The second kappa shape index (κ2) is 8.57. The van der Waals surface area contributed by atoms with Gasteiger partial charge in [-0.1, -0.05) is 29.4 Å². The summed E-state index contributed by atoms with van der Waals surface area (Å²) in [5.74, 6) is 0.718. The van der Waals surface area contributed by atoms with Crippen LogP contribution < -0.4 is 4.90 Å². The number of hydrogen-bond donors (Lipinski definition) is 0. The van der Waals surface area contributed by atoms with Crippen LogP contribution in [-0.2, 0) is 9.53 Å². The lowest BCUT2D eigenvalue weighted by Crippen LogP contribution is -2.52. The van der Waals surface area contributed by atoms with Crippen molar-refractivity contribution in [2.45, 2.75) is 19.4 Å². The first-order valence-electron chi connectivity index (χ1n) is 8.80. The van der Waals surface area contributed by atoms with Crippen LogP contribution in [0, 0.1) is 0 Å². The molecule has 8 heteroatoms. The average molecular weight is 356 g/mol. The van der Waals surface area contributed by atoms with E-state index in [1.54, 1.807) is 17.7 Å². The SMILES string of the molecule is C=CCCOC(C)C(=O)N1CCN(c2nnnn2-c2ccccc2)CC1. The molecule has 1 aromatic carbocycles. The van der Waals surface area contributed by atoms with Crippen LogP contribution in [0.15, 0.2) is 43.0 Å². The molecule has 1 unspecified atom stereocenters. The van der Waals surface area contributed by atoms with Gasteiger partial charge in [0.15, 0.2) is 0 Å². The van der Waals surface area contributed by atoms with Gasteiger partial charge in [-0.2, -0.15) is 4.68 Å². The molecule has 8 nitrogen and oxygen atoms in total. The molecule has 0 saturated carbocycles. The Kier molecular flexibility index (Phi) is 5.96. The Hall–Kier alpha value is -2.74. The number of anilines is 1. The predicted octanol–water partition coefficient (Wildman–Crippen LogP) is 1.29. The Morgan fingerprint density at radius 2 is 2.00 bits per heavy atom. The van der Waals surface area contributed by atoms with E-state index >= 15 is 0 Å². The van der Waals surface area contributed by atoms with Gasteiger partial charge in [-0.3, -0.25) is 4.79 Å².